The SMILES string of the molecule is CCC1CNCC1N(C)C1CCN(CC)CC1. The van der Waals surface area contributed by atoms with E-state index in [0.29, 0.717) is 0 Å². The van der Waals surface area contributed by atoms with Gasteiger partial charge in [-0.3, -0.25) is 4.90 Å². The molecule has 2 fully saturated rings. The van der Waals surface area contributed by atoms with E-state index in [1.807, 2.05) is 0 Å². The highest BCUT2D eigenvalue weighted by molar-refractivity contribution is 4.90. The molecule has 0 aromatic rings. The van der Waals surface area contributed by atoms with Crippen LogP contribution in [-0.2, 0) is 0 Å². The smallest absolute Gasteiger partial charge is 0.0260 e. The van der Waals surface area contributed by atoms with Crippen molar-refractivity contribution >= 4 is 0 Å². The molecular formula is C14H29N3. The average molecular weight is 239 g/mol. The molecule has 0 bridgehead atoms. The molecule has 2 aliphatic heterocycles. The number of rotatable bonds is 4. The summed E-state index contributed by atoms with van der Waals surface area (Å²) in [7, 11) is 2.35. The molecule has 2 unspecified atom stereocenters. The third-order valence-electron chi connectivity index (χ3n) is 4.93. The average Bonchev–Trinajstić information content (AvgIpc) is 2.86. The topological polar surface area (TPSA) is 18.5 Å². The lowest BCUT2D eigenvalue weighted by Crippen LogP contribution is -2.49. The van der Waals surface area contributed by atoms with Crippen LogP contribution in [0.5, 0.6) is 0 Å². The summed E-state index contributed by atoms with van der Waals surface area (Å²) in [5.74, 6) is 0.865. The van der Waals surface area contributed by atoms with Crippen molar-refractivity contribution in [3.8, 4) is 0 Å². The van der Waals surface area contributed by atoms with E-state index in [4.69, 9.17) is 0 Å². The van der Waals surface area contributed by atoms with E-state index in [2.05, 4.69) is 36.0 Å². The monoisotopic (exact) mass is 239 g/mol. The fraction of sp³-hybridized carbons (Fsp3) is 1.00. The summed E-state index contributed by atoms with van der Waals surface area (Å²) < 4.78 is 0. The lowest BCUT2D eigenvalue weighted by Gasteiger charge is -2.40. The molecule has 0 saturated carbocycles. The fourth-order valence-corrected chi connectivity index (χ4v) is 3.53. The zero-order valence-electron chi connectivity index (χ0n) is 11.8. The number of hydrogen-bond acceptors (Lipinski definition) is 3. The normalized spacial score (nSPS) is 32.5. The van der Waals surface area contributed by atoms with Crippen LogP contribution in [0.4, 0.5) is 0 Å². The van der Waals surface area contributed by atoms with Crippen LogP contribution < -0.4 is 5.32 Å². The van der Waals surface area contributed by atoms with Crippen LogP contribution >= 0.6 is 0 Å². The second kappa shape index (κ2) is 6.17. The Balaban J connectivity index is 1.85. The van der Waals surface area contributed by atoms with Gasteiger partial charge in [0.05, 0.1) is 0 Å². The number of likely N-dealkylation sites (tertiary alicyclic amines) is 1. The van der Waals surface area contributed by atoms with Crippen LogP contribution in [0.3, 0.4) is 0 Å². The Morgan fingerprint density at radius 2 is 1.88 bits per heavy atom. The van der Waals surface area contributed by atoms with Gasteiger partial charge in [0.1, 0.15) is 0 Å². The van der Waals surface area contributed by atoms with Gasteiger partial charge in [0.2, 0.25) is 0 Å². The van der Waals surface area contributed by atoms with E-state index in [9.17, 15) is 0 Å². The summed E-state index contributed by atoms with van der Waals surface area (Å²) >= 11 is 0. The highest BCUT2D eigenvalue weighted by Gasteiger charge is 2.33. The van der Waals surface area contributed by atoms with Crippen molar-refractivity contribution in [3.63, 3.8) is 0 Å². The van der Waals surface area contributed by atoms with Crippen molar-refractivity contribution in [1.82, 2.24) is 15.1 Å². The summed E-state index contributed by atoms with van der Waals surface area (Å²) in [6.07, 6.45) is 4.03. The molecule has 0 aromatic carbocycles. The van der Waals surface area contributed by atoms with Crippen LogP contribution in [0, 0.1) is 5.92 Å². The molecule has 0 amide bonds. The van der Waals surface area contributed by atoms with Gasteiger partial charge in [-0.05, 0) is 52.0 Å². The Morgan fingerprint density at radius 1 is 1.18 bits per heavy atom. The van der Waals surface area contributed by atoms with Crippen molar-refractivity contribution in [2.24, 2.45) is 5.92 Å². The first-order valence-electron chi connectivity index (χ1n) is 7.41. The molecule has 3 nitrogen and oxygen atoms in total. The Labute approximate surface area is 107 Å². The minimum atomic E-state index is 0.776. The highest BCUT2D eigenvalue weighted by Crippen LogP contribution is 2.24. The molecule has 2 aliphatic rings. The Bertz CT molecular complexity index is 224. The van der Waals surface area contributed by atoms with Gasteiger partial charge in [-0.2, -0.15) is 0 Å². The lowest BCUT2D eigenvalue weighted by atomic mass is 9.95. The third-order valence-corrected chi connectivity index (χ3v) is 4.93. The van der Waals surface area contributed by atoms with Gasteiger partial charge < -0.3 is 10.2 Å². The molecule has 2 saturated heterocycles. The molecular weight excluding hydrogens is 210 g/mol. The summed E-state index contributed by atoms with van der Waals surface area (Å²) in [4.78, 5) is 5.26. The molecule has 0 spiro atoms. The molecule has 1 N–H and O–H groups in total. The molecule has 100 valence electrons. The minimum absolute atomic E-state index is 0.776. The van der Waals surface area contributed by atoms with Crippen molar-refractivity contribution in [1.29, 1.82) is 0 Å². The zero-order valence-corrected chi connectivity index (χ0v) is 11.8. The second-order valence-corrected chi connectivity index (χ2v) is 5.72. The molecule has 0 aliphatic carbocycles. The maximum Gasteiger partial charge on any atom is 0.0260 e. The number of nitrogens with one attached hydrogen (secondary N) is 1. The summed E-state index contributed by atoms with van der Waals surface area (Å²) in [6.45, 7) is 10.8. The zero-order chi connectivity index (χ0) is 12.3. The maximum absolute atomic E-state index is 3.56. The Hall–Kier alpha value is -0.120. The summed E-state index contributed by atoms with van der Waals surface area (Å²) in [6, 6.07) is 1.59. The molecule has 0 aromatic heterocycles. The van der Waals surface area contributed by atoms with Gasteiger partial charge in [0.15, 0.2) is 0 Å². The van der Waals surface area contributed by atoms with Crippen molar-refractivity contribution < 1.29 is 0 Å². The minimum Gasteiger partial charge on any atom is -0.315 e. The van der Waals surface area contributed by atoms with E-state index in [-0.39, 0.29) is 0 Å². The van der Waals surface area contributed by atoms with Crippen molar-refractivity contribution in [2.45, 2.75) is 45.2 Å². The van der Waals surface area contributed by atoms with Gasteiger partial charge >= 0.3 is 0 Å². The van der Waals surface area contributed by atoms with E-state index < -0.39 is 0 Å². The quantitative estimate of drug-likeness (QED) is 0.800. The van der Waals surface area contributed by atoms with Crippen molar-refractivity contribution in [2.75, 3.05) is 39.8 Å². The van der Waals surface area contributed by atoms with Crippen LogP contribution in [0.25, 0.3) is 0 Å². The Kier molecular flexibility index (Phi) is 4.83. The van der Waals surface area contributed by atoms with Crippen LogP contribution in [0.1, 0.15) is 33.1 Å². The van der Waals surface area contributed by atoms with Crippen LogP contribution in [0.15, 0.2) is 0 Å². The van der Waals surface area contributed by atoms with E-state index in [1.54, 1.807) is 0 Å². The van der Waals surface area contributed by atoms with E-state index in [1.165, 1.54) is 52.0 Å². The predicted molar refractivity (Wildman–Crippen MR) is 73.3 cm³/mol. The Morgan fingerprint density at radius 3 is 2.47 bits per heavy atom. The van der Waals surface area contributed by atoms with Gasteiger partial charge in [0, 0.05) is 18.6 Å². The predicted octanol–water partition coefficient (Wildman–Crippen LogP) is 1.40. The molecule has 0 radical (unpaired) electrons. The van der Waals surface area contributed by atoms with Gasteiger partial charge in [-0.25, -0.2) is 0 Å². The van der Waals surface area contributed by atoms with Gasteiger partial charge in [-0.15, -0.1) is 0 Å². The van der Waals surface area contributed by atoms with Crippen LogP contribution in [0.2, 0.25) is 0 Å². The first-order chi connectivity index (χ1) is 8.26. The number of likely N-dealkylation sites (N-methyl/N-ethyl adjacent to an activating group) is 1. The largest absolute Gasteiger partial charge is 0.315 e. The summed E-state index contributed by atoms with van der Waals surface area (Å²) in [5.41, 5.74) is 0. The standard InChI is InChI=1S/C14H29N3/c1-4-12-10-15-11-14(12)16(3)13-6-8-17(5-2)9-7-13/h12-15H,4-11H2,1-3H3. The highest BCUT2D eigenvalue weighted by atomic mass is 15.2. The number of nitrogens with zero attached hydrogens (tertiary/aromatic N) is 2. The van der Waals surface area contributed by atoms with Crippen LogP contribution in [-0.4, -0.2) is 61.7 Å². The third kappa shape index (κ3) is 3.01. The first kappa shape index (κ1) is 13.3. The van der Waals surface area contributed by atoms with Gasteiger partial charge in [0.25, 0.3) is 0 Å². The molecule has 2 heterocycles. The van der Waals surface area contributed by atoms with E-state index in [0.717, 1.165) is 18.0 Å². The molecule has 17 heavy (non-hydrogen) atoms. The van der Waals surface area contributed by atoms with Crippen molar-refractivity contribution in [3.05, 3.63) is 0 Å². The second-order valence-electron chi connectivity index (χ2n) is 5.72. The summed E-state index contributed by atoms with van der Waals surface area (Å²) in [5, 5.41) is 3.56. The van der Waals surface area contributed by atoms with Gasteiger partial charge in [-0.1, -0.05) is 20.3 Å². The lowest BCUT2D eigenvalue weighted by molar-refractivity contribution is 0.0878. The molecule has 2 rings (SSSR count). The fourth-order valence-electron chi connectivity index (χ4n) is 3.53. The molecule has 3 heteroatoms. The molecule has 2 atom stereocenters. The number of hydrogen-bond donors (Lipinski definition) is 1. The number of piperidine rings is 1. The first-order valence-corrected chi connectivity index (χ1v) is 7.41. The maximum atomic E-state index is 3.56. The van der Waals surface area contributed by atoms with E-state index >= 15 is 0 Å².